The summed E-state index contributed by atoms with van der Waals surface area (Å²) in [7, 11) is 0. The summed E-state index contributed by atoms with van der Waals surface area (Å²) < 4.78 is 4.89. The molecule has 0 radical (unpaired) electrons. The van der Waals surface area contributed by atoms with Crippen LogP contribution in [0.1, 0.15) is 43.8 Å². The van der Waals surface area contributed by atoms with Crippen molar-refractivity contribution in [2.24, 2.45) is 0 Å². The first-order valence-electron chi connectivity index (χ1n) is 3.59. The molecule has 0 saturated heterocycles. The van der Waals surface area contributed by atoms with Gasteiger partial charge < -0.3 is 4.52 Å². The van der Waals surface area contributed by atoms with E-state index < -0.39 is 0 Å². The van der Waals surface area contributed by atoms with Crippen molar-refractivity contribution in [2.45, 2.75) is 32.1 Å². The van der Waals surface area contributed by atoms with Gasteiger partial charge in [-0.3, -0.25) is 0 Å². The molecule has 0 amide bonds. The molecule has 1 aromatic heterocycles. The summed E-state index contributed by atoms with van der Waals surface area (Å²) in [5.41, 5.74) is 0. The lowest BCUT2D eigenvalue weighted by molar-refractivity contribution is 0.372. The van der Waals surface area contributed by atoms with Gasteiger partial charge in [-0.05, 0) is 6.92 Å². The van der Waals surface area contributed by atoms with Gasteiger partial charge in [-0.1, -0.05) is 19.0 Å². The van der Waals surface area contributed by atoms with Crippen LogP contribution < -0.4 is 0 Å². The van der Waals surface area contributed by atoms with Gasteiger partial charge in [0.25, 0.3) is 0 Å². The minimum atomic E-state index is -0.199. The van der Waals surface area contributed by atoms with Crippen LogP contribution >= 0.6 is 11.6 Å². The van der Waals surface area contributed by atoms with E-state index in [-0.39, 0.29) is 5.38 Å². The van der Waals surface area contributed by atoms with Crippen LogP contribution in [-0.2, 0) is 0 Å². The molecule has 3 nitrogen and oxygen atoms in total. The second-order valence-corrected chi connectivity index (χ2v) is 3.42. The van der Waals surface area contributed by atoms with Crippen molar-refractivity contribution < 1.29 is 4.52 Å². The summed E-state index contributed by atoms with van der Waals surface area (Å²) in [5, 5.41) is 3.57. The maximum atomic E-state index is 5.72. The summed E-state index contributed by atoms with van der Waals surface area (Å²) in [6, 6.07) is 0. The molecule has 0 spiro atoms. The predicted molar refractivity (Wildman–Crippen MR) is 42.7 cm³/mol. The first kappa shape index (κ1) is 8.53. The molecule has 11 heavy (non-hydrogen) atoms. The van der Waals surface area contributed by atoms with Gasteiger partial charge >= 0.3 is 0 Å². The van der Waals surface area contributed by atoms with E-state index in [4.69, 9.17) is 16.1 Å². The fraction of sp³-hybridized carbons (Fsp3) is 0.714. The van der Waals surface area contributed by atoms with Gasteiger partial charge in [0, 0.05) is 5.92 Å². The van der Waals surface area contributed by atoms with E-state index in [0.29, 0.717) is 17.6 Å². The summed E-state index contributed by atoms with van der Waals surface area (Å²) in [4.78, 5) is 4.10. The van der Waals surface area contributed by atoms with Gasteiger partial charge in [-0.2, -0.15) is 4.98 Å². The lowest BCUT2D eigenvalue weighted by atomic mass is 10.2. The van der Waals surface area contributed by atoms with Crippen molar-refractivity contribution >= 4 is 11.6 Å². The monoisotopic (exact) mass is 174 g/mol. The number of alkyl halides is 1. The molecule has 0 aliphatic carbocycles. The first-order chi connectivity index (χ1) is 5.11. The average molecular weight is 175 g/mol. The van der Waals surface area contributed by atoms with Crippen molar-refractivity contribution in [3.8, 4) is 0 Å². The molecule has 1 aromatic rings. The van der Waals surface area contributed by atoms with Gasteiger partial charge in [0.2, 0.25) is 5.89 Å². The third kappa shape index (κ3) is 1.93. The number of hydrogen-bond acceptors (Lipinski definition) is 3. The van der Waals surface area contributed by atoms with Crippen LogP contribution in [0.15, 0.2) is 4.52 Å². The van der Waals surface area contributed by atoms with Crippen LogP contribution in [-0.4, -0.2) is 10.1 Å². The Morgan fingerprint density at radius 1 is 1.36 bits per heavy atom. The first-order valence-corrected chi connectivity index (χ1v) is 4.02. The number of halogens is 1. The molecular formula is C7H11ClN2O. The molecule has 0 fully saturated rings. The summed E-state index contributed by atoms with van der Waals surface area (Å²) in [5.74, 6) is 1.51. The molecule has 0 aromatic carbocycles. The fourth-order valence-corrected chi connectivity index (χ4v) is 0.732. The molecule has 1 heterocycles. The quantitative estimate of drug-likeness (QED) is 0.647. The Balaban J connectivity index is 2.82. The van der Waals surface area contributed by atoms with Crippen molar-refractivity contribution in [3.63, 3.8) is 0 Å². The fourth-order valence-electron chi connectivity index (χ4n) is 0.643. The van der Waals surface area contributed by atoms with Crippen LogP contribution in [0.3, 0.4) is 0 Å². The van der Waals surface area contributed by atoms with Crippen LogP contribution in [0.25, 0.3) is 0 Å². The molecule has 1 unspecified atom stereocenters. The zero-order valence-electron chi connectivity index (χ0n) is 6.84. The van der Waals surface area contributed by atoms with Crippen molar-refractivity contribution in [1.29, 1.82) is 0 Å². The highest BCUT2D eigenvalue weighted by Crippen LogP contribution is 2.19. The zero-order chi connectivity index (χ0) is 8.43. The van der Waals surface area contributed by atoms with Gasteiger partial charge in [0.1, 0.15) is 5.38 Å². The molecule has 0 bridgehead atoms. The molecule has 0 aliphatic rings. The van der Waals surface area contributed by atoms with Crippen LogP contribution in [0.4, 0.5) is 0 Å². The second-order valence-electron chi connectivity index (χ2n) is 2.76. The number of hydrogen-bond donors (Lipinski definition) is 0. The zero-order valence-corrected chi connectivity index (χ0v) is 7.59. The molecule has 1 rings (SSSR count). The van der Waals surface area contributed by atoms with Crippen molar-refractivity contribution in [1.82, 2.24) is 10.1 Å². The highest BCUT2D eigenvalue weighted by Gasteiger charge is 2.12. The minimum absolute atomic E-state index is 0.199. The Morgan fingerprint density at radius 2 is 2.00 bits per heavy atom. The number of nitrogens with zero attached hydrogens (tertiary/aromatic N) is 2. The Labute approximate surface area is 70.7 Å². The number of rotatable bonds is 2. The molecular weight excluding hydrogens is 164 g/mol. The standard InChI is InChI=1S/C7H11ClN2O/c1-4(2)6-9-7(5(3)8)11-10-6/h4-5H,1-3H3. The highest BCUT2D eigenvalue weighted by molar-refractivity contribution is 6.20. The molecule has 4 heteroatoms. The van der Waals surface area contributed by atoms with Gasteiger partial charge in [0.05, 0.1) is 0 Å². The molecule has 62 valence electrons. The Bertz CT molecular complexity index is 210. The largest absolute Gasteiger partial charge is 0.338 e. The maximum absolute atomic E-state index is 5.72. The Morgan fingerprint density at radius 3 is 2.27 bits per heavy atom. The molecule has 0 N–H and O–H groups in total. The second kappa shape index (κ2) is 3.22. The third-order valence-electron chi connectivity index (χ3n) is 1.31. The maximum Gasteiger partial charge on any atom is 0.244 e. The van der Waals surface area contributed by atoms with Crippen LogP contribution in [0, 0.1) is 0 Å². The number of aromatic nitrogens is 2. The van der Waals surface area contributed by atoms with Crippen molar-refractivity contribution in [2.75, 3.05) is 0 Å². The molecule has 0 aliphatic heterocycles. The topological polar surface area (TPSA) is 38.9 Å². The third-order valence-corrected chi connectivity index (χ3v) is 1.50. The molecule has 0 saturated carbocycles. The van der Waals surface area contributed by atoms with Crippen LogP contribution in [0.5, 0.6) is 0 Å². The smallest absolute Gasteiger partial charge is 0.244 e. The normalized spacial score (nSPS) is 13.9. The van der Waals surface area contributed by atoms with E-state index >= 15 is 0 Å². The van der Waals surface area contributed by atoms with E-state index in [1.165, 1.54) is 0 Å². The van der Waals surface area contributed by atoms with E-state index in [0.717, 1.165) is 0 Å². The predicted octanol–water partition coefficient (Wildman–Crippen LogP) is 2.49. The average Bonchev–Trinajstić information content (AvgIpc) is 2.33. The summed E-state index contributed by atoms with van der Waals surface area (Å²) in [6.07, 6.45) is 0. The van der Waals surface area contributed by atoms with Gasteiger partial charge in [-0.15, -0.1) is 11.6 Å². The minimum Gasteiger partial charge on any atom is -0.338 e. The van der Waals surface area contributed by atoms with E-state index in [2.05, 4.69) is 10.1 Å². The lowest BCUT2D eigenvalue weighted by Gasteiger charge is -1.93. The van der Waals surface area contributed by atoms with Crippen LogP contribution in [0.2, 0.25) is 0 Å². The van der Waals surface area contributed by atoms with Crippen molar-refractivity contribution in [3.05, 3.63) is 11.7 Å². The summed E-state index contributed by atoms with van der Waals surface area (Å²) >= 11 is 5.72. The van der Waals surface area contributed by atoms with E-state index in [9.17, 15) is 0 Å². The lowest BCUT2D eigenvalue weighted by Crippen LogP contribution is -1.90. The van der Waals surface area contributed by atoms with E-state index in [1.54, 1.807) is 6.92 Å². The summed E-state index contributed by atoms with van der Waals surface area (Å²) in [6.45, 7) is 5.82. The Hall–Kier alpha value is -0.570. The van der Waals surface area contributed by atoms with E-state index in [1.807, 2.05) is 13.8 Å². The highest BCUT2D eigenvalue weighted by atomic mass is 35.5. The SMILES string of the molecule is CC(C)c1noc(C(C)Cl)n1. The van der Waals surface area contributed by atoms with Gasteiger partial charge in [0.15, 0.2) is 5.82 Å². The van der Waals surface area contributed by atoms with Gasteiger partial charge in [-0.25, -0.2) is 0 Å². The Kier molecular flexibility index (Phi) is 2.49. The molecule has 1 atom stereocenters.